The molecule has 0 bridgehead atoms. The number of thiophene rings is 1. The second-order valence-corrected chi connectivity index (χ2v) is 6.48. The Balaban J connectivity index is 1.81. The number of fused-ring (bicyclic) bond motifs is 4. The minimum Gasteiger partial charge on any atom is -0.255 e. The van der Waals surface area contributed by atoms with E-state index in [1.54, 1.807) is 11.3 Å². The Labute approximate surface area is 136 Å². The van der Waals surface area contributed by atoms with Crippen molar-refractivity contribution < 1.29 is 0 Å². The zero-order valence-electron chi connectivity index (χ0n) is 12.1. The summed E-state index contributed by atoms with van der Waals surface area (Å²) in [4.78, 5) is 13.7. The van der Waals surface area contributed by atoms with E-state index in [4.69, 9.17) is 0 Å². The molecule has 0 aliphatic rings. The highest BCUT2D eigenvalue weighted by Crippen LogP contribution is 2.34. The summed E-state index contributed by atoms with van der Waals surface area (Å²) < 4.78 is 2.38. The maximum atomic E-state index is 4.65. The van der Waals surface area contributed by atoms with Crippen LogP contribution in [0.25, 0.3) is 42.5 Å². The quantitative estimate of drug-likeness (QED) is 0.434. The van der Waals surface area contributed by atoms with Crippen molar-refractivity contribution in [3.8, 4) is 11.4 Å². The van der Waals surface area contributed by atoms with Gasteiger partial charge in [-0.25, -0.2) is 0 Å². The van der Waals surface area contributed by atoms with Gasteiger partial charge in [0.1, 0.15) is 0 Å². The molecular formula is C19H11N3S. The van der Waals surface area contributed by atoms with Gasteiger partial charge in [-0.15, -0.1) is 11.3 Å². The first-order chi connectivity index (χ1) is 11.4. The molecule has 0 aliphatic heterocycles. The Kier molecular flexibility index (Phi) is 2.66. The highest BCUT2D eigenvalue weighted by molar-refractivity contribution is 7.25. The molecule has 4 heteroatoms. The highest BCUT2D eigenvalue weighted by Gasteiger charge is 2.11. The molecule has 5 rings (SSSR count). The summed E-state index contributed by atoms with van der Waals surface area (Å²) in [6.45, 7) is 0. The Hall–Kier alpha value is -2.85. The predicted molar refractivity (Wildman–Crippen MR) is 95.7 cm³/mol. The lowest BCUT2D eigenvalue weighted by Crippen LogP contribution is -1.88. The molecule has 0 saturated carbocycles. The van der Waals surface area contributed by atoms with Crippen molar-refractivity contribution in [1.82, 2.24) is 15.0 Å². The van der Waals surface area contributed by atoms with Gasteiger partial charge in [0.15, 0.2) is 0 Å². The molecule has 0 fully saturated rings. The third-order valence-electron chi connectivity index (χ3n) is 4.03. The van der Waals surface area contributed by atoms with Crippen LogP contribution in [0.15, 0.2) is 67.1 Å². The first kappa shape index (κ1) is 12.7. The number of hydrogen-bond donors (Lipinski definition) is 0. The van der Waals surface area contributed by atoms with Crippen molar-refractivity contribution in [2.75, 3.05) is 0 Å². The average Bonchev–Trinajstić information content (AvgIpc) is 2.99. The fraction of sp³-hybridized carbons (Fsp3) is 0. The summed E-state index contributed by atoms with van der Waals surface area (Å²) in [6.07, 6.45) is 5.59. The minimum absolute atomic E-state index is 0.904. The molecule has 0 unspecified atom stereocenters. The summed E-state index contributed by atoms with van der Waals surface area (Å²) in [7, 11) is 0. The third kappa shape index (κ3) is 1.92. The van der Waals surface area contributed by atoms with E-state index in [0.717, 1.165) is 27.7 Å². The van der Waals surface area contributed by atoms with Crippen molar-refractivity contribution in [1.29, 1.82) is 0 Å². The average molecular weight is 313 g/mol. The van der Waals surface area contributed by atoms with Gasteiger partial charge in [-0.2, -0.15) is 0 Å². The Morgan fingerprint density at radius 3 is 2.70 bits per heavy atom. The van der Waals surface area contributed by atoms with Crippen LogP contribution in [0.5, 0.6) is 0 Å². The molecule has 5 aromatic rings. The molecule has 0 atom stereocenters. The van der Waals surface area contributed by atoms with Crippen LogP contribution in [0.3, 0.4) is 0 Å². The van der Waals surface area contributed by atoms with Gasteiger partial charge in [-0.3, -0.25) is 15.0 Å². The molecule has 0 aliphatic carbocycles. The summed E-state index contributed by atoms with van der Waals surface area (Å²) >= 11 is 1.75. The van der Waals surface area contributed by atoms with Crippen LogP contribution in [0, 0.1) is 0 Å². The molecule has 3 nitrogen and oxygen atoms in total. The normalized spacial score (nSPS) is 11.5. The van der Waals surface area contributed by atoms with E-state index in [0.29, 0.717) is 0 Å². The van der Waals surface area contributed by atoms with Gasteiger partial charge in [0.25, 0.3) is 0 Å². The first-order valence-electron chi connectivity index (χ1n) is 7.37. The molecule has 23 heavy (non-hydrogen) atoms. The fourth-order valence-electron chi connectivity index (χ4n) is 2.95. The van der Waals surface area contributed by atoms with E-state index in [-0.39, 0.29) is 0 Å². The number of nitrogens with zero attached hydrogens (tertiary/aromatic N) is 3. The predicted octanol–water partition coefficient (Wildman–Crippen LogP) is 5.06. The van der Waals surface area contributed by atoms with Crippen LogP contribution in [-0.2, 0) is 0 Å². The fourth-order valence-corrected chi connectivity index (χ4v) is 4.02. The third-order valence-corrected chi connectivity index (χ3v) is 5.14. The van der Waals surface area contributed by atoms with Gasteiger partial charge in [-0.05, 0) is 29.7 Å². The Bertz CT molecular complexity index is 1170. The summed E-state index contributed by atoms with van der Waals surface area (Å²) in [6, 6.07) is 16.5. The van der Waals surface area contributed by atoms with Gasteiger partial charge in [-0.1, -0.05) is 24.3 Å². The largest absolute Gasteiger partial charge is 0.255 e. The number of aromatic nitrogens is 3. The number of rotatable bonds is 1. The lowest BCUT2D eigenvalue weighted by Gasteiger charge is -2.05. The molecule has 4 aromatic heterocycles. The van der Waals surface area contributed by atoms with Gasteiger partial charge in [0.2, 0.25) is 0 Å². The van der Waals surface area contributed by atoms with Crippen LogP contribution in [0.1, 0.15) is 0 Å². The summed E-state index contributed by atoms with van der Waals surface area (Å²) in [5.41, 5.74) is 2.86. The van der Waals surface area contributed by atoms with Crippen LogP contribution < -0.4 is 0 Å². The van der Waals surface area contributed by atoms with Gasteiger partial charge < -0.3 is 0 Å². The van der Waals surface area contributed by atoms with Crippen molar-refractivity contribution in [3.05, 3.63) is 67.1 Å². The van der Waals surface area contributed by atoms with E-state index >= 15 is 0 Å². The SMILES string of the molecule is c1ccc2c(-c3cc4sc5cccnc5c4cn3)nccc2c1. The van der Waals surface area contributed by atoms with Crippen molar-refractivity contribution >= 4 is 42.4 Å². The van der Waals surface area contributed by atoms with Crippen molar-refractivity contribution in [2.45, 2.75) is 0 Å². The minimum atomic E-state index is 0.904. The van der Waals surface area contributed by atoms with Crippen LogP contribution in [-0.4, -0.2) is 15.0 Å². The second kappa shape index (κ2) is 4.83. The lowest BCUT2D eigenvalue weighted by atomic mass is 10.1. The van der Waals surface area contributed by atoms with E-state index < -0.39 is 0 Å². The summed E-state index contributed by atoms with van der Waals surface area (Å²) in [5, 5.41) is 3.41. The van der Waals surface area contributed by atoms with E-state index in [1.807, 2.05) is 42.9 Å². The van der Waals surface area contributed by atoms with Crippen molar-refractivity contribution in [2.24, 2.45) is 0 Å². The maximum absolute atomic E-state index is 4.65. The van der Waals surface area contributed by atoms with E-state index in [1.165, 1.54) is 14.8 Å². The van der Waals surface area contributed by atoms with Crippen LogP contribution >= 0.6 is 11.3 Å². The number of pyridine rings is 3. The molecule has 4 heterocycles. The molecule has 0 amide bonds. The highest BCUT2D eigenvalue weighted by atomic mass is 32.1. The lowest BCUT2D eigenvalue weighted by molar-refractivity contribution is 1.28. The molecule has 0 saturated heterocycles. The van der Waals surface area contributed by atoms with Gasteiger partial charge >= 0.3 is 0 Å². The standard InChI is InChI=1S/C19H11N3S/c1-2-5-13-12(4-1)7-9-21-18(13)15-10-17-14(11-22-15)19-16(23-17)6-3-8-20-19/h1-11H. The molecular weight excluding hydrogens is 302 g/mol. The summed E-state index contributed by atoms with van der Waals surface area (Å²) in [5.74, 6) is 0. The zero-order chi connectivity index (χ0) is 15.2. The zero-order valence-corrected chi connectivity index (χ0v) is 12.9. The number of benzene rings is 1. The van der Waals surface area contributed by atoms with E-state index in [9.17, 15) is 0 Å². The number of hydrogen-bond acceptors (Lipinski definition) is 4. The molecule has 0 N–H and O–H groups in total. The molecule has 0 radical (unpaired) electrons. The van der Waals surface area contributed by atoms with E-state index in [2.05, 4.69) is 39.2 Å². The molecule has 1 aromatic carbocycles. The molecule has 108 valence electrons. The van der Waals surface area contributed by atoms with Gasteiger partial charge in [0.05, 0.1) is 21.6 Å². The Morgan fingerprint density at radius 1 is 0.739 bits per heavy atom. The van der Waals surface area contributed by atoms with Crippen molar-refractivity contribution in [3.63, 3.8) is 0 Å². The first-order valence-corrected chi connectivity index (χ1v) is 8.19. The van der Waals surface area contributed by atoms with Crippen LogP contribution in [0.2, 0.25) is 0 Å². The molecule has 0 spiro atoms. The second-order valence-electron chi connectivity index (χ2n) is 5.40. The smallest absolute Gasteiger partial charge is 0.0964 e. The van der Waals surface area contributed by atoms with Crippen LogP contribution in [0.4, 0.5) is 0 Å². The van der Waals surface area contributed by atoms with Gasteiger partial charge in [0, 0.05) is 34.1 Å². The topological polar surface area (TPSA) is 38.7 Å². The monoisotopic (exact) mass is 313 g/mol. The maximum Gasteiger partial charge on any atom is 0.0964 e. The Morgan fingerprint density at radius 2 is 1.70 bits per heavy atom.